The van der Waals surface area contributed by atoms with Gasteiger partial charge in [0.1, 0.15) is 0 Å². The Labute approximate surface area is 169 Å². The van der Waals surface area contributed by atoms with Gasteiger partial charge in [-0.1, -0.05) is 37.3 Å². The Balaban J connectivity index is 1.49. The molecule has 1 amide bonds. The number of aryl methyl sites for hydroxylation is 2. The molecule has 0 radical (unpaired) electrons. The Hall–Kier alpha value is -3.73. The topological polar surface area (TPSA) is 68.0 Å². The third-order valence-electron chi connectivity index (χ3n) is 4.81. The van der Waals surface area contributed by atoms with Crippen LogP contribution >= 0.6 is 0 Å². The van der Waals surface area contributed by atoms with Crippen molar-refractivity contribution in [1.29, 1.82) is 0 Å². The van der Waals surface area contributed by atoms with E-state index in [1.165, 1.54) is 5.56 Å². The van der Waals surface area contributed by atoms with Crippen LogP contribution in [0.15, 0.2) is 77.2 Å². The number of hydrogen-bond donors (Lipinski definition) is 1. The van der Waals surface area contributed by atoms with Crippen LogP contribution in [-0.4, -0.2) is 16.1 Å². The molecule has 1 aromatic heterocycles. The predicted octanol–water partition coefficient (Wildman–Crippen LogP) is 5.53. The van der Waals surface area contributed by atoms with E-state index in [1.807, 2.05) is 67.6 Å². The summed E-state index contributed by atoms with van der Waals surface area (Å²) >= 11 is 0. The quantitative estimate of drug-likeness (QED) is 0.492. The normalized spacial score (nSPS) is 10.7. The van der Waals surface area contributed by atoms with Crippen LogP contribution in [0, 0.1) is 6.92 Å². The summed E-state index contributed by atoms with van der Waals surface area (Å²) in [7, 11) is 0. The molecule has 0 spiro atoms. The second kappa shape index (κ2) is 8.10. The van der Waals surface area contributed by atoms with Gasteiger partial charge in [0.2, 0.25) is 11.8 Å². The molecular formula is C24H21N3O2. The van der Waals surface area contributed by atoms with Gasteiger partial charge in [-0.2, -0.15) is 0 Å². The van der Waals surface area contributed by atoms with Gasteiger partial charge in [0.25, 0.3) is 5.91 Å². The Morgan fingerprint density at radius 2 is 1.59 bits per heavy atom. The van der Waals surface area contributed by atoms with Crippen LogP contribution in [0.2, 0.25) is 0 Å². The molecule has 0 unspecified atom stereocenters. The fourth-order valence-electron chi connectivity index (χ4n) is 3.05. The maximum absolute atomic E-state index is 12.5. The van der Waals surface area contributed by atoms with Gasteiger partial charge >= 0.3 is 0 Å². The van der Waals surface area contributed by atoms with E-state index in [4.69, 9.17) is 4.42 Å². The molecule has 144 valence electrons. The zero-order valence-corrected chi connectivity index (χ0v) is 16.3. The number of nitrogens with zero attached hydrogens (tertiary/aromatic N) is 2. The molecule has 1 heterocycles. The first-order valence-corrected chi connectivity index (χ1v) is 9.54. The van der Waals surface area contributed by atoms with Crippen LogP contribution in [0.4, 0.5) is 5.69 Å². The van der Waals surface area contributed by atoms with E-state index < -0.39 is 0 Å². The first kappa shape index (κ1) is 18.6. The predicted molar refractivity (Wildman–Crippen MR) is 114 cm³/mol. The molecule has 0 saturated heterocycles. The molecule has 0 aliphatic carbocycles. The van der Waals surface area contributed by atoms with Crippen LogP contribution in [0.5, 0.6) is 0 Å². The highest BCUT2D eigenvalue weighted by atomic mass is 16.4. The summed E-state index contributed by atoms with van der Waals surface area (Å²) in [6.45, 7) is 4.10. The van der Waals surface area contributed by atoms with Gasteiger partial charge in [-0.15, -0.1) is 10.2 Å². The van der Waals surface area contributed by atoms with Crippen LogP contribution in [0.1, 0.15) is 28.4 Å². The van der Waals surface area contributed by atoms with Gasteiger partial charge in [0.05, 0.1) is 0 Å². The zero-order valence-electron chi connectivity index (χ0n) is 16.3. The molecule has 0 atom stereocenters. The molecular weight excluding hydrogens is 362 g/mol. The van der Waals surface area contributed by atoms with Crippen molar-refractivity contribution in [3.8, 4) is 22.9 Å². The minimum absolute atomic E-state index is 0.160. The number of benzene rings is 3. The lowest BCUT2D eigenvalue weighted by Gasteiger charge is -2.06. The van der Waals surface area contributed by atoms with E-state index in [1.54, 1.807) is 12.1 Å². The van der Waals surface area contributed by atoms with Crippen LogP contribution in [-0.2, 0) is 6.42 Å². The molecule has 0 fully saturated rings. The molecule has 1 N–H and O–H groups in total. The third-order valence-corrected chi connectivity index (χ3v) is 4.81. The first-order chi connectivity index (χ1) is 14.1. The van der Waals surface area contributed by atoms with Crippen molar-refractivity contribution in [2.24, 2.45) is 0 Å². The molecule has 5 heteroatoms. The van der Waals surface area contributed by atoms with Gasteiger partial charge in [-0.05, 0) is 66.9 Å². The van der Waals surface area contributed by atoms with Crippen LogP contribution < -0.4 is 5.32 Å². The summed E-state index contributed by atoms with van der Waals surface area (Å²) in [4.78, 5) is 12.5. The van der Waals surface area contributed by atoms with E-state index in [0.717, 1.165) is 28.8 Å². The van der Waals surface area contributed by atoms with Crippen molar-refractivity contribution >= 4 is 11.6 Å². The minimum atomic E-state index is -0.160. The number of amides is 1. The largest absolute Gasteiger partial charge is 0.416 e. The van der Waals surface area contributed by atoms with E-state index >= 15 is 0 Å². The SMILES string of the molecule is CCc1ccc(NC(=O)c2ccc(-c3nnc(-c4ccccc4C)o3)cc2)cc1. The average molecular weight is 383 g/mol. The van der Waals surface area contributed by atoms with Gasteiger partial charge in [0, 0.05) is 22.4 Å². The van der Waals surface area contributed by atoms with Gasteiger partial charge in [-0.3, -0.25) is 4.79 Å². The number of rotatable bonds is 5. The highest BCUT2D eigenvalue weighted by molar-refractivity contribution is 6.04. The van der Waals surface area contributed by atoms with Crippen molar-refractivity contribution in [2.45, 2.75) is 20.3 Å². The maximum Gasteiger partial charge on any atom is 0.255 e. The average Bonchev–Trinajstić information content (AvgIpc) is 3.25. The van der Waals surface area contributed by atoms with E-state index in [9.17, 15) is 4.79 Å². The zero-order chi connectivity index (χ0) is 20.2. The van der Waals surface area contributed by atoms with Gasteiger partial charge in [0.15, 0.2) is 0 Å². The standard InChI is InChI=1S/C24H21N3O2/c1-3-17-8-14-20(15-9-17)25-22(28)18-10-12-19(13-11-18)23-26-27-24(29-23)21-7-5-4-6-16(21)2/h4-15H,3H2,1-2H3,(H,25,28). The Morgan fingerprint density at radius 1 is 0.897 bits per heavy atom. The maximum atomic E-state index is 12.5. The van der Waals surface area contributed by atoms with Crippen LogP contribution in [0.25, 0.3) is 22.9 Å². The fourth-order valence-corrected chi connectivity index (χ4v) is 3.05. The second-order valence-corrected chi connectivity index (χ2v) is 6.81. The summed E-state index contributed by atoms with van der Waals surface area (Å²) in [5.41, 5.74) is 5.32. The van der Waals surface area contributed by atoms with Crippen molar-refractivity contribution in [3.05, 3.63) is 89.5 Å². The Bertz CT molecular complexity index is 1130. The fraction of sp³-hybridized carbons (Fsp3) is 0.125. The summed E-state index contributed by atoms with van der Waals surface area (Å²) in [5.74, 6) is 0.743. The molecule has 0 aliphatic rings. The van der Waals surface area contributed by atoms with Gasteiger partial charge < -0.3 is 9.73 Å². The molecule has 0 saturated carbocycles. The van der Waals surface area contributed by atoms with Crippen molar-refractivity contribution < 1.29 is 9.21 Å². The molecule has 4 rings (SSSR count). The monoisotopic (exact) mass is 383 g/mol. The Kier molecular flexibility index (Phi) is 5.20. The third kappa shape index (κ3) is 4.09. The smallest absolute Gasteiger partial charge is 0.255 e. The van der Waals surface area contributed by atoms with Crippen molar-refractivity contribution in [1.82, 2.24) is 10.2 Å². The number of nitrogens with one attached hydrogen (secondary N) is 1. The minimum Gasteiger partial charge on any atom is -0.416 e. The summed E-state index contributed by atoms with van der Waals surface area (Å²) in [6.07, 6.45) is 0.969. The second-order valence-electron chi connectivity index (χ2n) is 6.81. The molecule has 3 aromatic carbocycles. The molecule has 0 aliphatic heterocycles. The van der Waals surface area contributed by atoms with Gasteiger partial charge in [-0.25, -0.2) is 0 Å². The van der Waals surface area contributed by atoms with E-state index in [-0.39, 0.29) is 5.91 Å². The lowest BCUT2D eigenvalue weighted by atomic mass is 10.1. The summed E-state index contributed by atoms with van der Waals surface area (Å²) in [6, 6.07) is 22.8. The summed E-state index contributed by atoms with van der Waals surface area (Å²) < 4.78 is 5.83. The number of carbonyl (C=O) groups excluding carboxylic acids is 1. The number of aromatic nitrogens is 2. The molecule has 0 bridgehead atoms. The van der Waals surface area contributed by atoms with Crippen LogP contribution in [0.3, 0.4) is 0 Å². The van der Waals surface area contributed by atoms with E-state index in [2.05, 4.69) is 22.4 Å². The lowest BCUT2D eigenvalue weighted by molar-refractivity contribution is 0.102. The molecule has 5 nitrogen and oxygen atoms in total. The lowest BCUT2D eigenvalue weighted by Crippen LogP contribution is -2.11. The number of anilines is 1. The number of hydrogen-bond acceptors (Lipinski definition) is 4. The molecule has 4 aromatic rings. The van der Waals surface area contributed by atoms with Crippen molar-refractivity contribution in [3.63, 3.8) is 0 Å². The van der Waals surface area contributed by atoms with E-state index in [0.29, 0.717) is 17.3 Å². The Morgan fingerprint density at radius 3 is 2.28 bits per heavy atom. The number of carbonyl (C=O) groups is 1. The highest BCUT2D eigenvalue weighted by Gasteiger charge is 2.13. The molecule has 29 heavy (non-hydrogen) atoms. The first-order valence-electron chi connectivity index (χ1n) is 9.54. The summed E-state index contributed by atoms with van der Waals surface area (Å²) in [5, 5.41) is 11.2. The highest BCUT2D eigenvalue weighted by Crippen LogP contribution is 2.26. The van der Waals surface area contributed by atoms with Crippen molar-refractivity contribution in [2.75, 3.05) is 5.32 Å².